The summed E-state index contributed by atoms with van der Waals surface area (Å²) >= 11 is 0. The number of aliphatic hydroxyl groups excluding tert-OH is 5. The topological polar surface area (TPSA) is 149 Å². The van der Waals surface area contributed by atoms with Crippen molar-refractivity contribution < 1.29 is 39.8 Å². The largest absolute Gasteiger partial charge is 0.394 e. The first-order valence-corrected chi connectivity index (χ1v) is 33.5. The van der Waals surface area contributed by atoms with Gasteiger partial charge in [0.25, 0.3) is 0 Å². The first-order valence-electron chi connectivity index (χ1n) is 33.5. The second-order valence-corrected chi connectivity index (χ2v) is 22.9. The van der Waals surface area contributed by atoms with Gasteiger partial charge in [-0.05, 0) is 89.9 Å². The Hall–Kier alpha value is -2.89. The molecule has 0 spiro atoms. The van der Waals surface area contributed by atoms with E-state index in [0.717, 1.165) is 89.9 Å². The number of rotatable bonds is 57. The van der Waals surface area contributed by atoms with Crippen molar-refractivity contribution in [2.75, 3.05) is 13.2 Å². The van der Waals surface area contributed by atoms with Crippen molar-refractivity contribution in [1.29, 1.82) is 0 Å². The lowest BCUT2D eigenvalue weighted by Crippen LogP contribution is -2.60. The van der Waals surface area contributed by atoms with Crippen LogP contribution in [0.25, 0.3) is 0 Å². The third-order valence-electron chi connectivity index (χ3n) is 15.4. The van der Waals surface area contributed by atoms with Crippen LogP contribution in [0.4, 0.5) is 0 Å². The molecule has 0 aromatic carbocycles. The molecule has 462 valence electrons. The molecule has 1 aliphatic rings. The van der Waals surface area contributed by atoms with E-state index in [-0.39, 0.29) is 12.5 Å². The fraction of sp³-hybridized carbons (Fsp3) is 0.761. The van der Waals surface area contributed by atoms with Crippen molar-refractivity contribution in [3.05, 3.63) is 97.2 Å². The lowest BCUT2D eigenvalue weighted by molar-refractivity contribution is -0.302. The molecule has 0 aromatic rings. The average molecular weight is 1120 g/mol. The molecule has 9 nitrogen and oxygen atoms in total. The molecule has 0 aromatic heterocycles. The van der Waals surface area contributed by atoms with E-state index >= 15 is 0 Å². The molecule has 0 bridgehead atoms. The molecule has 9 heteroatoms. The summed E-state index contributed by atoms with van der Waals surface area (Å²) in [5.74, 6) is -0.195. The molecule has 80 heavy (non-hydrogen) atoms. The Morgan fingerprint density at radius 1 is 0.438 bits per heavy atom. The number of allylic oxidation sites excluding steroid dienone is 15. The van der Waals surface area contributed by atoms with Gasteiger partial charge in [0.15, 0.2) is 6.29 Å². The van der Waals surface area contributed by atoms with Crippen LogP contribution in [0.5, 0.6) is 0 Å². The fourth-order valence-corrected chi connectivity index (χ4v) is 10.2. The molecule has 0 saturated carbocycles. The number of unbranched alkanes of at least 4 members (excludes halogenated alkanes) is 33. The van der Waals surface area contributed by atoms with Crippen molar-refractivity contribution in [3.8, 4) is 0 Å². The fourth-order valence-electron chi connectivity index (χ4n) is 10.2. The zero-order valence-corrected chi connectivity index (χ0v) is 51.6. The summed E-state index contributed by atoms with van der Waals surface area (Å²) in [4.78, 5) is 13.1. The number of hydrogen-bond acceptors (Lipinski definition) is 8. The molecule has 1 aliphatic heterocycles. The average Bonchev–Trinajstić information content (AvgIpc) is 3.46. The van der Waals surface area contributed by atoms with Crippen LogP contribution >= 0.6 is 0 Å². The standard InChI is InChI=1S/C71H125NO8/c1-3-5-7-9-11-13-15-17-19-21-23-25-27-29-31-32-33-35-36-38-40-42-44-46-48-50-52-54-56-58-60-65(74)64(63-79-71-70(78)69(77)68(76)66(62-73)80-71)72-67(75)61-59-57-55-53-51-49-47-45-43-41-39-37-34-30-28-26-24-22-20-18-16-14-12-10-8-6-4-2/h6,8,12,14,18,20,24,26,30,34,42,44,50,52,58,60,64-66,68-71,73-74,76-78H,3-5,7,9-11,13,15-17,19,21-23,25,27-29,31-33,35-41,43,45-49,51,53-57,59,61-63H2,1-2H3,(H,72,75)/b8-6-,14-12-,20-18-,26-24-,34-30-,44-42+,52-50+,60-58+. The molecule has 1 fully saturated rings. The van der Waals surface area contributed by atoms with Crippen molar-refractivity contribution in [2.24, 2.45) is 0 Å². The second-order valence-electron chi connectivity index (χ2n) is 22.9. The van der Waals surface area contributed by atoms with Crippen LogP contribution in [0.15, 0.2) is 97.2 Å². The third kappa shape index (κ3) is 47.6. The van der Waals surface area contributed by atoms with E-state index in [1.165, 1.54) is 180 Å². The molecule has 0 aliphatic carbocycles. The number of ether oxygens (including phenoxy) is 2. The maximum absolute atomic E-state index is 13.1. The summed E-state index contributed by atoms with van der Waals surface area (Å²) in [6, 6.07) is -0.838. The van der Waals surface area contributed by atoms with Gasteiger partial charge in [0, 0.05) is 6.42 Å². The van der Waals surface area contributed by atoms with Crippen molar-refractivity contribution >= 4 is 5.91 Å². The summed E-state index contributed by atoms with van der Waals surface area (Å²) in [6.45, 7) is 3.67. The van der Waals surface area contributed by atoms with Crippen LogP contribution in [0, 0.1) is 0 Å². The van der Waals surface area contributed by atoms with Crippen LogP contribution in [-0.4, -0.2) is 87.5 Å². The summed E-state index contributed by atoms with van der Waals surface area (Å²) < 4.78 is 11.3. The van der Waals surface area contributed by atoms with Crippen LogP contribution in [0.2, 0.25) is 0 Å². The van der Waals surface area contributed by atoms with E-state index in [9.17, 15) is 30.3 Å². The van der Waals surface area contributed by atoms with Crippen LogP contribution in [0.1, 0.15) is 290 Å². The van der Waals surface area contributed by atoms with E-state index in [2.05, 4.69) is 104 Å². The predicted molar refractivity (Wildman–Crippen MR) is 341 cm³/mol. The summed E-state index contributed by atoms with van der Waals surface area (Å²) in [5, 5.41) is 54.7. The zero-order chi connectivity index (χ0) is 57.9. The van der Waals surface area contributed by atoms with Gasteiger partial charge in [-0.15, -0.1) is 0 Å². The lowest BCUT2D eigenvalue weighted by atomic mass is 9.99. The molecular weight excluding hydrogens is 995 g/mol. The first kappa shape index (κ1) is 75.1. The number of carbonyl (C=O) groups excluding carboxylic acids is 1. The van der Waals surface area contributed by atoms with Gasteiger partial charge >= 0.3 is 0 Å². The van der Waals surface area contributed by atoms with E-state index in [1.54, 1.807) is 6.08 Å². The van der Waals surface area contributed by atoms with Crippen LogP contribution < -0.4 is 5.32 Å². The number of amides is 1. The number of nitrogens with one attached hydrogen (secondary N) is 1. The molecule has 7 unspecified atom stereocenters. The van der Waals surface area contributed by atoms with E-state index < -0.39 is 49.5 Å². The minimum absolute atomic E-state index is 0.195. The molecule has 0 radical (unpaired) electrons. The van der Waals surface area contributed by atoms with Gasteiger partial charge in [0.2, 0.25) is 5.91 Å². The molecule has 1 rings (SSSR count). The van der Waals surface area contributed by atoms with Gasteiger partial charge in [0.05, 0.1) is 25.4 Å². The number of aliphatic hydroxyl groups is 5. The second kappa shape index (κ2) is 59.3. The molecule has 1 amide bonds. The Kier molecular flexibility index (Phi) is 55.7. The summed E-state index contributed by atoms with van der Waals surface area (Å²) in [6.07, 6.45) is 79.3. The van der Waals surface area contributed by atoms with Crippen LogP contribution in [-0.2, 0) is 14.3 Å². The SMILES string of the molecule is CC/C=C\C/C=C\C/C=C\C/C=C\C/C=C\CCCCCCCCCCCCCC(=O)NC(COC1OC(CO)C(O)C(O)C1O)C(O)/C=C/CC/C=C/CC/C=C/CCCCCCCCCCCCCCCCCCCCCC. The Bertz CT molecular complexity index is 1580. The van der Waals surface area contributed by atoms with Crippen molar-refractivity contribution in [3.63, 3.8) is 0 Å². The Balaban J connectivity index is 2.20. The van der Waals surface area contributed by atoms with Gasteiger partial charge in [0.1, 0.15) is 24.4 Å². The zero-order valence-electron chi connectivity index (χ0n) is 51.6. The van der Waals surface area contributed by atoms with Gasteiger partial charge < -0.3 is 40.3 Å². The minimum atomic E-state index is -1.58. The van der Waals surface area contributed by atoms with Crippen molar-refractivity contribution in [2.45, 2.75) is 333 Å². The highest BCUT2D eigenvalue weighted by Gasteiger charge is 2.44. The highest BCUT2D eigenvalue weighted by molar-refractivity contribution is 5.76. The minimum Gasteiger partial charge on any atom is -0.394 e. The normalized spacial score (nSPS) is 19.1. The number of carbonyl (C=O) groups is 1. The lowest BCUT2D eigenvalue weighted by Gasteiger charge is -2.40. The van der Waals surface area contributed by atoms with Crippen LogP contribution in [0.3, 0.4) is 0 Å². The maximum atomic E-state index is 13.1. The van der Waals surface area contributed by atoms with Gasteiger partial charge in [-0.25, -0.2) is 0 Å². The van der Waals surface area contributed by atoms with E-state index in [4.69, 9.17) is 9.47 Å². The molecule has 1 heterocycles. The highest BCUT2D eigenvalue weighted by Crippen LogP contribution is 2.23. The van der Waals surface area contributed by atoms with Gasteiger partial charge in [-0.1, -0.05) is 291 Å². The molecule has 6 N–H and O–H groups in total. The van der Waals surface area contributed by atoms with Gasteiger partial charge in [-0.3, -0.25) is 4.79 Å². The Labute approximate surface area is 492 Å². The van der Waals surface area contributed by atoms with Gasteiger partial charge in [-0.2, -0.15) is 0 Å². The smallest absolute Gasteiger partial charge is 0.220 e. The quantitative estimate of drug-likeness (QED) is 0.0261. The predicted octanol–water partition coefficient (Wildman–Crippen LogP) is 17.9. The van der Waals surface area contributed by atoms with E-state index in [0.29, 0.717) is 6.42 Å². The summed E-state index contributed by atoms with van der Waals surface area (Å²) in [5.41, 5.74) is 0. The maximum Gasteiger partial charge on any atom is 0.220 e. The first-order chi connectivity index (χ1) is 39.3. The third-order valence-corrected chi connectivity index (χ3v) is 15.4. The van der Waals surface area contributed by atoms with Crippen molar-refractivity contribution in [1.82, 2.24) is 5.32 Å². The van der Waals surface area contributed by atoms with E-state index in [1.807, 2.05) is 6.08 Å². The molecular formula is C71H125NO8. The Morgan fingerprint density at radius 2 is 0.787 bits per heavy atom. The molecule has 7 atom stereocenters. The summed E-state index contributed by atoms with van der Waals surface area (Å²) in [7, 11) is 0. The monoisotopic (exact) mass is 1120 g/mol. The Morgan fingerprint density at radius 3 is 1.20 bits per heavy atom. The number of hydrogen-bond donors (Lipinski definition) is 6. The molecule has 1 saturated heterocycles. The highest BCUT2D eigenvalue weighted by atomic mass is 16.7.